The SMILES string of the molecule is CCCCCCCCCCCCC(CCCCCCCCCC)Cc1csc(-c2c(F)c(C(=O)O)cc(F)c2C(=O)O)c1. The van der Waals surface area contributed by atoms with E-state index in [1.807, 2.05) is 5.38 Å². The van der Waals surface area contributed by atoms with Crippen molar-refractivity contribution in [3.8, 4) is 10.4 Å². The molecule has 7 heteroatoms. The molecule has 43 heavy (non-hydrogen) atoms. The molecule has 2 N–H and O–H groups in total. The molecular weight excluding hydrogens is 566 g/mol. The van der Waals surface area contributed by atoms with Gasteiger partial charge in [0.05, 0.1) is 5.56 Å². The number of carbonyl (C=O) groups is 2. The predicted molar refractivity (Wildman–Crippen MR) is 174 cm³/mol. The molecule has 2 aromatic rings. The first kappa shape index (κ1) is 36.9. The van der Waals surface area contributed by atoms with Gasteiger partial charge in [0.1, 0.15) is 17.2 Å². The van der Waals surface area contributed by atoms with Gasteiger partial charge >= 0.3 is 11.9 Å². The van der Waals surface area contributed by atoms with Gasteiger partial charge in [-0.1, -0.05) is 142 Å². The zero-order valence-corrected chi connectivity index (χ0v) is 27.4. The summed E-state index contributed by atoms with van der Waals surface area (Å²) < 4.78 is 29.8. The molecule has 242 valence electrons. The summed E-state index contributed by atoms with van der Waals surface area (Å²) in [5.74, 6) is -5.23. The summed E-state index contributed by atoms with van der Waals surface area (Å²) in [6, 6.07) is 2.17. The van der Waals surface area contributed by atoms with Gasteiger partial charge in [0.25, 0.3) is 0 Å². The largest absolute Gasteiger partial charge is 0.478 e. The maximum Gasteiger partial charge on any atom is 0.339 e. The van der Waals surface area contributed by atoms with Gasteiger partial charge < -0.3 is 10.2 Å². The number of unbranched alkanes of at least 4 members (excludes halogenated alkanes) is 16. The molecule has 0 radical (unpaired) electrons. The summed E-state index contributed by atoms with van der Waals surface area (Å²) in [6.07, 6.45) is 26.2. The van der Waals surface area contributed by atoms with Crippen molar-refractivity contribution in [3.05, 3.63) is 45.8 Å². The lowest BCUT2D eigenvalue weighted by Crippen LogP contribution is -2.11. The summed E-state index contributed by atoms with van der Waals surface area (Å²) in [6.45, 7) is 4.48. The second-order valence-corrected chi connectivity index (χ2v) is 13.1. The van der Waals surface area contributed by atoms with E-state index in [0.29, 0.717) is 12.0 Å². The number of benzene rings is 1. The van der Waals surface area contributed by atoms with Crippen LogP contribution in [0.5, 0.6) is 0 Å². The molecule has 0 spiro atoms. The number of carboxylic acid groups (broad SMARTS) is 2. The molecule has 0 bridgehead atoms. The van der Waals surface area contributed by atoms with Gasteiger partial charge in [0.2, 0.25) is 0 Å². The Balaban J connectivity index is 2.02. The maximum atomic E-state index is 15.2. The van der Waals surface area contributed by atoms with Gasteiger partial charge in [-0.3, -0.25) is 0 Å². The first-order chi connectivity index (χ1) is 20.8. The number of halogens is 2. The minimum Gasteiger partial charge on any atom is -0.478 e. The van der Waals surface area contributed by atoms with Crippen molar-refractivity contribution in [3.63, 3.8) is 0 Å². The van der Waals surface area contributed by atoms with E-state index in [9.17, 15) is 24.2 Å². The third-order valence-electron chi connectivity index (χ3n) is 8.52. The number of rotatable bonds is 25. The van der Waals surface area contributed by atoms with Crippen LogP contribution in [0.4, 0.5) is 8.78 Å². The summed E-state index contributed by atoms with van der Waals surface area (Å²) >= 11 is 1.14. The summed E-state index contributed by atoms with van der Waals surface area (Å²) in [5, 5.41) is 20.8. The molecule has 0 aliphatic rings. The minimum absolute atomic E-state index is 0.247. The molecule has 0 saturated heterocycles. The number of aromatic carboxylic acids is 2. The lowest BCUT2D eigenvalue weighted by Gasteiger charge is -2.16. The van der Waals surface area contributed by atoms with Gasteiger partial charge in [0.15, 0.2) is 0 Å². The van der Waals surface area contributed by atoms with Crippen molar-refractivity contribution in [2.45, 2.75) is 149 Å². The Labute approximate surface area is 262 Å². The van der Waals surface area contributed by atoms with Crippen LogP contribution in [0.3, 0.4) is 0 Å². The Morgan fingerprint density at radius 1 is 0.698 bits per heavy atom. The fraction of sp³-hybridized carbons (Fsp3) is 0.667. The average Bonchev–Trinajstić information content (AvgIpc) is 3.43. The van der Waals surface area contributed by atoms with Crippen LogP contribution >= 0.6 is 11.3 Å². The predicted octanol–water partition coefficient (Wildman–Crippen LogP) is 12.1. The van der Waals surface area contributed by atoms with Crippen molar-refractivity contribution in [2.75, 3.05) is 0 Å². The van der Waals surface area contributed by atoms with Crippen LogP contribution in [0.25, 0.3) is 10.4 Å². The van der Waals surface area contributed by atoms with E-state index in [4.69, 9.17) is 0 Å². The zero-order chi connectivity index (χ0) is 31.5. The molecule has 1 atom stereocenters. The molecule has 1 aromatic heterocycles. The van der Waals surface area contributed by atoms with Crippen molar-refractivity contribution in [1.29, 1.82) is 0 Å². The molecular formula is C36H54F2O4S. The number of hydrogen-bond acceptors (Lipinski definition) is 3. The van der Waals surface area contributed by atoms with E-state index >= 15 is 4.39 Å². The molecule has 2 rings (SSSR count). The fourth-order valence-electron chi connectivity index (χ4n) is 6.01. The Hall–Kier alpha value is -2.28. The lowest BCUT2D eigenvalue weighted by atomic mass is 9.89. The fourth-order valence-corrected chi connectivity index (χ4v) is 6.98. The Morgan fingerprint density at radius 3 is 1.60 bits per heavy atom. The number of thiophene rings is 1. The van der Waals surface area contributed by atoms with Crippen molar-refractivity contribution in [2.24, 2.45) is 5.92 Å². The highest BCUT2D eigenvalue weighted by atomic mass is 32.1. The topological polar surface area (TPSA) is 74.6 Å². The summed E-state index contributed by atoms with van der Waals surface area (Å²) in [5.41, 5.74) is -1.19. The van der Waals surface area contributed by atoms with Gasteiger partial charge in [-0.15, -0.1) is 11.3 Å². The molecule has 0 fully saturated rings. The van der Waals surface area contributed by atoms with Crippen molar-refractivity contribution < 1.29 is 28.6 Å². The third kappa shape index (κ3) is 13.5. The van der Waals surface area contributed by atoms with Crippen LogP contribution in [0.1, 0.15) is 169 Å². The van der Waals surface area contributed by atoms with E-state index in [1.165, 1.54) is 116 Å². The number of hydrogen-bond donors (Lipinski definition) is 2. The van der Waals surface area contributed by atoms with Crippen LogP contribution in [0.15, 0.2) is 17.5 Å². The first-order valence-electron chi connectivity index (χ1n) is 16.9. The van der Waals surface area contributed by atoms with Gasteiger partial charge in [0, 0.05) is 10.4 Å². The zero-order valence-electron chi connectivity index (χ0n) is 26.5. The maximum absolute atomic E-state index is 15.2. The molecule has 0 amide bonds. The monoisotopic (exact) mass is 620 g/mol. The molecule has 0 aliphatic heterocycles. The molecule has 0 saturated carbocycles. The molecule has 1 unspecified atom stereocenters. The van der Waals surface area contributed by atoms with Gasteiger partial charge in [-0.05, 0) is 35.4 Å². The number of carboxylic acids is 2. The van der Waals surface area contributed by atoms with Crippen LogP contribution in [0, 0.1) is 17.6 Å². The van der Waals surface area contributed by atoms with Crippen LogP contribution in [-0.2, 0) is 6.42 Å². The second kappa shape index (κ2) is 21.4. The molecule has 0 aliphatic carbocycles. The molecule has 1 heterocycles. The smallest absolute Gasteiger partial charge is 0.339 e. The van der Waals surface area contributed by atoms with E-state index in [-0.39, 0.29) is 4.88 Å². The lowest BCUT2D eigenvalue weighted by molar-refractivity contribution is 0.0673. The van der Waals surface area contributed by atoms with Crippen LogP contribution in [-0.4, -0.2) is 22.2 Å². The molecule has 1 aromatic carbocycles. The Morgan fingerprint density at radius 2 is 1.16 bits per heavy atom. The van der Waals surface area contributed by atoms with E-state index in [2.05, 4.69) is 13.8 Å². The van der Waals surface area contributed by atoms with Crippen molar-refractivity contribution >= 4 is 23.3 Å². The first-order valence-corrected chi connectivity index (χ1v) is 17.7. The van der Waals surface area contributed by atoms with Gasteiger partial charge in [-0.25, -0.2) is 18.4 Å². The normalized spacial score (nSPS) is 12.1. The van der Waals surface area contributed by atoms with E-state index in [0.717, 1.165) is 36.2 Å². The average molecular weight is 621 g/mol. The highest BCUT2D eigenvalue weighted by Crippen LogP contribution is 2.37. The highest BCUT2D eigenvalue weighted by Gasteiger charge is 2.28. The van der Waals surface area contributed by atoms with E-state index in [1.54, 1.807) is 6.07 Å². The molecule has 4 nitrogen and oxygen atoms in total. The summed E-state index contributed by atoms with van der Waals surface area (Å²) in [7, 11) is 0. The van der Waals surface area contributed by atoms with Crippen LogP contribution < -0.4 is 0 Å². The van der Waals surface area contributed by atoms with E-state index < -0.39 is 40.3 Å². The Kier molecular flexibility index (Phi) is 18.4. The quantitative estimate of drug-likeness (QED) is 0.108. The summed E-state index contributed by atoms with van der Waals surface area (Å²) in [4.78, 5) is 23.5. The standard InChI is InChI=1S/C36H54F2O4S/c1-3-5-7-9-11-13-14-16-18-20-22-27(21-19-17-15-12-10-8-6-4-2)23-28-24-31(43-26-28)33-32(36(41)42)30(37)25-29(34(33)38)35(39)40/h24-27H,3-23H2,1-2H3,(H,39,40)(H,41,42). The van der Waals surface area contributed by atoms with Gasteiger partial charge in [-0.2, -0.15) is 0 Å². The second-order valence-electron chi connectivity index (χ2n) is 12.2. The Bertz CT molecular complexity index is 1100. The highest BCUT2D eigenvalue weighted by molar-refractivity contribution is 7.13. The van der Waals surface area contributed by atoms with Crippen molar-refractivity contribution in [1.82, 2.24) is 0 Å². The minimum atomic E-state index is -1.63. The van der Waals surface area contributed by atoms with Crippen LogP contribution in [0.2, 0.25) is 0 Å². The third-order valence-corrected chi connectivity index (χ3v) is 9.51.